The molecule has 27 heteroatoms. The minimum Gasteiger partial charge on any atom is -0.486 e. The molecule has 620 valence electrons. The van der Waals surface area contributed by atoms with Crippen LogP contribution in [0.25, 0.3) is 67.1 Å². The number of aromatic nitrogens is 8. The lowest BCUT2D eigenvalue weighted by Crippen LogP contribution is -2.58. The quantitative estimate of drug-likeness (QED) is 0.0285. The molecule has 116 heavy (non-hydrogen) atoms. The van der Waals surface area contributed by atoms with Crippen molar-refractivity contribution in [1.29, 1.82) is 0 Å². The molecule has 14 rings (SSSR count). The summed E-state index contributed by atoms with van der Waals surface area (Å²) in [5.41, 5.74) is 15.4. The molecular formula is C89H120F2N12O9Si4. The summed E-state index contributed by atoms with van der Waals surface area (Å²) in [7, 11) is -5.91. The summed E-state index contributed by atoms with van der Waals surface area (Å²) in [4.78, 5) is 34.7. The van der Waals surface area contributed by atoms with Gasteiger partial charge in [0.1, 0.15) is 63.9 Å². The largest absolute Gasteiger partial charge is 0.486 e. The van der Waals surface area contributed by atoms with Crippen molar-refractivity contribution in [2.24, 2.45) is 0 Å². The molecule has 4 aliphatic rings. The number of halogens is 2. The molecule has 0 aliphatic carbocycles. The fourth-order valence-electron chi connectivity index (χ4n) is 16.5. The third-order valence-corrected chi connectivity index (χ3v) is 30.0. The number of ether oxygens (including phenoxy) is 6. The molecule has 2 unspecified atom stereocenters. The summed E-state index contributed by atoms with van der Waals surface area (Å²) in [5.74, 6) is 0.849. The smallest absolute Gasteiger partial charge is 0.322 e. The van der Waals surface area contributed by atoms with E-state index in [1.54, 1.807) is 12.1 Å². The van der Waals surface area contributed by atoms with Crippen molar-refractivity contribution in [2.45, 2.75) is 247 Å². The molecule has 4 aliphatic heterocycles. The van der Waals surface area contributed by atoms with Crippen molar-refractivity contribution in [3.05, 3.63) is 177 Å². The summed E-state index contributed by atoms with van der Waals surface area (Å²) in [6.07, 6.45) is -1.10. The molecule has 2 N–H and O–H groups in total. The fraction of sp³-hybridized carbons (Fsp3) is 0.494. The number of aryl methyl sites for hydroxylation is 4. The Morgan fingerprint density at radius 2 is 0.845 bits per heavy atom. The molecule has 0 spiro atoms. The molecule has 0 bridgehead atoms. The molecule has 2 saturated heterocycles. The maximum Gasteiger partial charge on any atom is 0.322 e. The number of aliphatic hydroxyl groups excluding tert-OH is 2. The highest BCUT2D eigenvalue weighted by Crippen LogP contribution is 2.44. The second kappa shape index (κ2) is 35.1. The van der Waals surface area contributed by atoms with Gasteiger partial charge in [-0.15, -0.1) is 0 Å². The number of benzene rings is 6. The number of imidazole rings is 2. The van der Waals surface area contributed by atoms with Gasteiger partial charge >= 0.3 is 6.03 Å². The Balaban J connectivity index is 0.753. The molecule has 21 nitrogen and oxygen atoms in total. The zero-order valence-corrected chi connectivity index (χ0v) is 75.0. The first-order valence-corrected chi connectivity index (χ1v) is 56.5. The average Bonchev–Trinajstić information content (AvgIpc) is 1.58. The first-order valence-electron chi connectivity index (χ1n) is 41.7. The van der Waals surface area contributed by atoms with Gasteiger partial charge in [0.15, 0.2) is 34.8 Å². The van der Waals surface area contributed by atoms with Gasteiger partial charge in [0.05, 0.1) is 46.0 Å². The predicted molar refractivity (Wildman–Crippen MR) is 465 cm³/mol. The second-order valence-corrected chi connectivity index (χ2v) is 59.6. The van der Waals surface area contributed by atoms with E-state index in [9.17, 15) is 10.2 Å². The van der Waals surface area contributed by atoms with Crippen molar-refractivity contribution in [1.82, 2.24) is 58.3 Å². The van der Waals surface area contributed by atoms with Crippen LogP contribution in [-0.4, -0.2) is 171 Å². The number of carbonyl (C=O) groups excluding carboxylic acids is 1. The first kappa shape index (κ1) is 84.4. The summed E-state index contributed by atoms with van der Waals surface area (Å²) in [6, 6.07) is 38.5. The van der Waals surface area contributed by atoms with Gasteiger partial charge in [-0.05, 0) is 156 Å². The SMILES string of the molecule is CCc1cc(OCc2ccccc2)c(F)cc1-c1cc(C)c2c(-c3nc4c(n3COCC[Si](C)(C)C)CN([C@@H]3C(O)CCN3C(=O)N3CCC(O)[C@H]3N3Cc5nc(-c6nn(COCC[Si](C)(C)C)c7cc(-c8cc(F)c(OCc9ccccc9)cc8CC)cc(C)c67)n(COCC[Si](C)(C)C)c5C3)C4)nn(COCC[Si](C)(C)C)c2c1. The topological polar surface area (TPSA) is 197 Å². The number of aliphatic hydroxyl groups is 2. The van der Waals surface area contributed by atoms with Crippen LogP contribution in [0.3, 0.4) is 0 Å². The molecule has 0 radical (unpaired) electrons. The number of hydrogen-bond donors (Lipinski definition) is 2. The van der Waals surface area contributed by atoms with Crippen LogP contribution in [-0.2, 0) is 98.1 Å². The number of rotatable bonds is 34. The number of fused-ring (bicyclic) bond motifs is 4. The Bertz CT molecular complexity index is 4850. The third-order valence-electron chi connectivity index (χ3n) is 23.2. The Morgan fingerprint density at radius 3 is 1.20 bits per heavy atom. The third kappa shape index (κ3) is 19.0. The van der Waals surface area contributed by atoms with E-state index < -0.39 is 68.5 Å². The zero-order chi connectivity index (χ0) is 82.3. The molecule has 2 fully saturated rings. The van der Waals surface area contributed by atoms with E-state index in [1.165, 1.54) is 0 Å². The van der Waals surface area contributed by atoms with Crippen LogP contribution in [0.4, 0.5) is 13.6 Å². The normalized spacial score (nSPS) is 17.7. The fourth-order valence-corrected chi connectivity index (χ4v) is 19.5. The minimum atomic E-state index is -1.51. The van der Waals surface area contributed by atoms with Crippen LogP contribution in [0.2, 0.25) is 103 Å². The van der Waals surface area contributed by atoms with Crippen LogP contribution in [0.15, 0.2) is 109 Å². The molecular weight excluding hydrogens is 1530 g/mol. The Labute approximate surface area is 686 Å². The van der Waals surface area contributed by atoms with E-state index in [1.807, 2.05) is 92.0 Å². The highest BCUT2D eigenvalue weighted by Gasteiger charge is 2.50. The summed E-state index contributed by atoms with van der Waals surface area (Å²) in [6.45, 7) is 42.0. The molecule has 10 aromatic rings. The van der Waals surface area contributed by atoms with Gasteiger partial charge in [-0.2, -0.15) is 10.2 Å². The highest BCUT2D eigenvalue weighted by molar-refractivity contribution is 6.77. The highest BCUT2D eigenvalue weighted by atomic mass is 28.3. The molecule has 8 heterocycles. The van der Waals surface area contributed by atoms with Crippen LogP contribution in [0.1, 0.15) is 82.8 Å². The maximum atomic E-state index is 16.3. The average molecular weight is 1650 g/mol. The van der Waals surface area contributed by atoms with Crippen LogP contribution < -0.4 is 9.47 Å². The number of hydrogen-bond acceptors (Lipinski definition) is 15. The van der Waals surface area contributed by atoms with Crippen molar-refractivity contribution in [2.75, 3.05) is 39.5 Å². The van der Waals surface area contributed by atoms with Crippen LogP contribution >= 0.6 is 0 Å². The van der Waals surface area contributed by atoms with Gasteiger partial charge < -0.3 is 57.6 Å². The molecule has 6 aromatic carbocycles. The lowest BCUT2D eigenvalue weighted by Gasteiger charge is -2.40. The Kier molecular flexibility index (Phi) is 25.5. The van der Waals surface area contributed by atoms with E-state index in [4.69, 9.17) is 48.6 Å². The molecule has 2 amide bonds. The number of likely N-dealkylation sites (tertiary alicyclic amines) is 2. The van der Waals surface area contributed by atoms with Crippen LogP contribution in [0, 0.1) is 25.5 Å². The Hall–Kier alpha value is -8.04. The number of urea groups is 1. The van der Waals surface area contributed by atoms with Crippen molar-refractivity contribution < 1.29 is 52.2 Å². The standard InChI is InChI=1S/C89H120F2N12O9Si4/c1-17-63-45-79(111-53-61-25-21-19-22-26-61)69(90)47-67(63)65-41-59(3)81-73(43-65)102(57-109-35-39-115(11,12)13)94-83(81)85-92-71-49-96(51-75(71)100(85)55-107-33-37-113(5,6)7)87-77(104)29-31-98(87)89(106)99-32-30-78(105)88(99)97-50-72-76(52-97)101(56-108-34-38-114(8,9)10)86(93-72)84-82-60(4)42-66(44-74(82)103(95-84)58-110-36-40-116(14,15)16)68-48-70(91)80(46-64(68)18-2)112-54-62-27-23-20-24-28-62/h19-28,41-48,77-78,87-88,104-105H,17-18,29-40,49-58H2,1-16H3/t77?,78?,87-,88-/m0/s1. The van der Waals surface area contributed by atoms with Crippen molar-refractivity contribution in [3.8, 4) is 56.8 Å². The van der Waals surface area contributed by atoms with Gasteiger partial charge in [0.2, 0.25) is 0 Å². The summed E-state index contributed by atoms with van der Waals surface area (Å²) >= 11 is 0. The molecule has 0 saturated carbocycles. The number of carbonyl (C=O) groups is 1. The number of nitrogens with zero attached hydrogens (tertiary/aromatic N) is 12. The monoisotopic (exact) mass is 1650 g/mol. The van der Waals surface area contributed by atoms with E-state index in [0.717, 1.165) is 124 Å². The van der Waals surface area contributed by atoms with Gasteiger partial charge in [-0.3, -0.25) is 9.80 Å². The van der Waals surface area contributed by atoms with E-state index >= 15 is 13.6 Å². The minimum absolute atomic E-state index is 0.195. The van der Waals surface area contributed by atoms with Gasteiger partial charge in [0, 0.05) is 109 Å². The summed E-state index contributed by atoms with van der Waals surface area (Å²) in [5, 5.41) is 37.2. The lowest BCUT2D eigenvalue weighted by molar-refractivity contribution is -0.0190. The summed E-state index contributed by atoms with van der Waals surface area (Å²) < 4.78 is 79.4. The number of amides is 2. The van der Waals surface area contributed by atoms with Crippen molar-refractivity contribution in [3.63, 3.8) is 0 Å². The first-order chi connectivity index (χ1) is 55.3. The van der Waals surface area contributed by atoms with E-state index in [0.29, 0.717) is 114 Å². The van der Waals surface area contributed by atoms with Crippen molar-refractivity contribution >= 4 is 60.1 Å². The Morgan fingerprint density at radius 1 is 0.483 bits per heavy atom. The molecule has 4 atom stereocenters. The zero-order valence-electron chi connectivity index (χ0n) is 71.0. The second-order valence-electron chi connectivity index (χ2n) is 37.1. The van der Waals surface area contributed by atoms with Gasteiger partial charge in [0.25, 0.3) is 0 Å². The van der Waals surface area contributed by atoms with Crippen LogP contribution in [0.5, 0.6) is 11.5 Å². The maximum absolute atomic E-state index is 16.3. The predicted octanol–water partition coefficient (Wildman–Crippen LogP) is 18.1. The lowest BCUT2D eigenvalue weighted by atomic mass is 9.94. The van der Waals surface area contributed by atoms with E-state index in [-0.39, 0.29) is 57.7 Å². The van der Waals surface area contributed by atoms with Gasteiger partial charge in [-0.25, -0.2) is 32.9 Å². The van der Waals surface area contributed by atoms with E-state index in [2.05, 4.69) is 149 Å². The molecule has 4 aromatic heterocycles. The van der Waals surface area contributed by atoms with Gasteiger partial charge in [-0.1, -0.05) is 165 Å².